The first-order valence-corrected chi connectivity index (χ1v) is 8.87. The van der Waals surface area contributed by atoms with Crippen molar-refractivity contribution in [3.63, 3.8) is 0 Å². The number of nitrogens with one attached hydrogen (secondary N) is 1. The van der Waals surface area contributed by atoms with Gasteiger partial charge in [-0.15, -0.1) is 10.2 Å². The monoisotopic (exact) mass is 358 g/mol. The van der Waals surface area contributed by atoms with Crippen LogP contribution in [0.4, 0.5) is 0 Å². The summed E-state index contributed by atoms with van der Waals surface area (Å²) in [4.78, 5) is 12.8. The molecule has 0 fully saturated rings. The maximum absolute atomic E-state index is 12.8. The average Bonchev–Trinajstić information content (AvgIpc) is 3.00. The molecular weight excluding hydrogens is 332 g/mol. The molecule has 1 aromatic carbocycles. The summed E-state index contributed by atoms with van der Waals surface area (Å²) < 4.78 is 13.1. The van der Waals surface area contributed by atoms with E-state index in [4.69, 9.17) is 9.47 Å². The molecular formula is C19H26N4O3. The van der Waals surface area contributed by atoms with E-state index in [-0.39, 0.29) is 11.8 Å². The number of ether oxygens (including phenoxy) is 2. The third-order valence-electron chi connectivity index (χ3n) is 4.75. The first kappa shape index (κ1) is 18.2. The van der Waals surface area contributed by atoms with Gasteiger partial charge in [-0.3, -0.25) is 4.79 Å². The molecule has 26 heavy (non-hydrogen) atoms. The summed E-state index contributed by atoms with van der Waals surface area (Å²) in [6, 6.07) is 5.65. The number of benzene rings is 1. The minimum atomic E-state index is -0.713. The molecule has 2 heterocycles. The molecule has 1 aliphatic rings. The molecule has 0 unspecified atom stereocenters. The zero-order chi connectivity index (χ0) is 18.9. The number of nitrogens with zero attached hydrogens (tertiary/aromatic N) is 3. The van der Waals surface area contributed by atoms with Gasteiger partial charge in [-0.05, 0) is 31.5 Å². The Morgan fingerprint density at radius 2 is 1.92 bits per heavy atom. The van der Waals surface area contributed by atoms with E-state index in [9.17, 15) is 4.79 Å². The van der Waals surface area contributed by atoms with Gasteiger partial charge >= 0.3 is 0 Å². The first-order chi connectivity index (χ1) is 12.3. The second-order valence-corrected chi connectivity index (χ2v) is 7.35. The van der Waals surface area contributed by atoms with Gasteiger partial charge in [-0.25, -0.2) is 0 Å². The Kier molecular flexibility index (Phi) is 4.89. The molecule has 2 aromatic rings. The number of fused-ring (bicyclic) bond motifs is 1. The molecule has 0 radical (unpaired) electrons. The molecule has 0 atom stereocenters. The zero-order valence-corrected chi connectivity index (χ0v) is 16.0. The van der Waals surface area contributed by atoms with Crippen LogP contribution in [-0.4, -0.2) is 33.9 Å². The lowest BCUT2D eigenvalue weighted by Gasteiger charge is -2.26. The average molecular weight is 358 g/mol. The van der Waals surface area contributed by atoms with Crippen molar-refractivity contribution < 1.29 is 14.3 Å². The predicted octanol–water partition coefficient (Wildman–Crippen LogP) is 2.30. The van der Waals surface area contributed by atoms with Crippen LogP contribution in [-0.2, 0) is 23.8 Å². The number of rotatable bonds is 5. The molecule has 1 aliphatic heterocycles. The van der Waals surface area contributed by atoms with Crippen LogP contribution in [0.2, 0.25) is 0 Å². The lowest BCUT2D eigenvalue weighted by atomic mass is 9.83. The molecule has 1 amide bonds. The highest BCUT2D eigenvalue weighted by atomic mass is 16.6. The van der Waals surface area contributed by atoms with Crippen molar-refractivity contribution in [3.05, 3.63) is 35.4 Å². The number of hydrogen-bond acceptors (Lipinski definition) is 5. The van der Waals surface area contributed by atoms with E-state index in [2.05, 4.69) is 29.4 Å². The molecule has 1 aromatic heterocycles. The number of hydrogen-bond donors (Lipinski definition) is 1. The van der Waals surface area contributed by atoms with Crippen LogP contribution >= 0.6 is 0 Å². The van der Waals surface area contributed by atoms with Crippen LogP contribution in [0.3, 0.4) is 0 Å². The van der Waals surface area contributed by atoms with Crippen molar-refractivity contribution in [2.75, 3.05) is 13.2 Å². The fourth-order valence-electron chi connectivity index (χ4n) is 2.98. The molecule has 0 aliphatic carbocycles. The summed E-state index contributed by atoms with van der Waals surface area (Å²) >= 11 is 0. The summed E-state index contributed by atoms with van der Waals surface area (Å²) in [5.41, 5.74) is 0.162. The molecule has 3 rings (SSSR count). The molecule has 140 valence electrons. The van der Waals surface area contributed by atoms with Gasteiger partial charge in [0.2, 0.25) is 5.91 Å². The van der Waals surface area contributed by atoms with Crippen LogP contribution in [0.1, 0.15) is 50.8 Å². The second kappa shape index (κ2) is 6.97. The van der Waals surface area contributed by atoms with E-state index in [0.29, 0.717) is 25.5 Å². The fourth-order valence-corrected chi connectivity index (χ4v) is 2.98. The molecule has 1 N–H and O–H groups in total. The molecule has 0 spiro atoms. The van der Waals surface area contributed by atoms with Crippen molar-refractivity contribution in [3.8, 4) is 11.5 Å². The van der Waals surface area contributed by atoms with E-state index >= 15 is 0 Å². The van der Waals surface area contributed by atoms with E-state index in [1.165, 1.54) is 0 Å². The fraction of sp³-hybridized carbons (Fsp3) is 0.526. The zero-order valence-electron chi connectivity index (χ0n) is 16.0. The van der Waals surface area contributed by atoms with Gasteiger partial charge in [-0.2, -0.15) is 0 Å². The highest BCUT2D eigenvalue weighted by molar-refractivity contribution is 5.87. The van der Waals surface area contributed by atoms with E-state index in [1.54, 1.807) is 0 Å². The van der Waals surface area contributed by atoms with Gasteiger partial charge in [0.05, 0.1) is 12.0 Å². The normalized spacial score (nSPS) is 13.8. The Labute approximate surface area is 153 Å². The lowest BCUT2D eigenvalue weighted by Crippen LogP contribution is -2.40. The summed E-state index contributed by atoms with van der Waals surface area (Å²) in [5, 5.41) is 11.4. The molecule has 0 saturated carbocycles. The van der Waals surface area contributed by atoms with E-state index in [0.717, 1.165) is 23.0 Å². The van der Waals surface area contributed by atoms with Crippen LogP contribution in [0.5, 0.6) is 11.5 Å². The third kappa shape index (κ3) is 3.38. The number of carbonyl (C=O) groups is 1. The highest BCUT2D eigenvalue weighted by Crippen LogP contribution is 2.35. The van der Waals surface area contributed by atoms with Crippen molar-refractivity contribution in [2.24, 2.45) is 7.05 Å². The Balaban J connectivity index is 1.72. The molecule has 7 nitrogen and oxygen atoms in total. The quantitative estimate of drug-likeness (QED) is 0.887. The minimum Gasteiger partial charge on any atom is -0.486 e. The van der Waals surface area contributed by atoms with Crippen LogP contribution in [0, 0.1) is 0 Å². The lowest BCUT2D eigenvalue weighted by molar-refractivity contribution is -0.125. The summed E-state index contributed by atoms with van der Waals surface area (Å²) in [7, 11) is 1.92. The van der Waals surface area contributed by atoms with Gasteiger partial charge < -0.3 is 19.4 Å². The van der Waals surface area contributed by atoms with Crippen molar-refractivity contribution in [2.45, 2.75) is 45.6 Å². The standard InChI is InChI=1S/C19H26N4O3/c1-12(2)17-22-21-16(23(17)5)11-20-18(24)19(3,4)13-6-7-14-15(10-13)26-9-8-25-14/h6-7,10,12H,8-9,11H2,1-5H3,(H,20,24). The third-order valence-corrected chi connectivity index (χ3v) is 4.75. The topological polar surface area (TPSA) is 78.3 Å². The Morgan fingerprint density at radius 1 is 1.23 bits per heavy atom. The highest BCUT2D eigenvalue weighted by Gasteiger charge is 2.31. The largest absolute Gasteiger partial charge is 0.486 e. The molecule has 7 heteroatoms. The van der Waals surface area contributed by atoms with E-state index in [1.807, 2.05) is 43.7 Å². The predicted molar refractivity (Wildman–Crippen MR) is 97.4 cm³/mol. The van der Waals surface area contributed by atoms with Crippen molar-refractivity contribution in [1.82, 2.24) is 20.1 Å². The molecule has 0 saturated heterocycles. The Hall–Kier alpha value is -2.57. The smallest absolute Gasteiger partial charge is 0.230 e. The molecule has 0 bridgehead atoms. The maximum atomic E-state index is 12.8. The van der Waals surface area contributed by atoms with Crippen molar-refractivity contribution >= 4 is 5.91 Å². The number of amides is 1. The van der Waals surface area contributed by atoms with Gasteiger partial charge in [0.1, 0.15) is 19.0 Å². The first-order valence-electron chi connectivity index (χ1n) is 8.87. The number of aromatic nitrogens is 3. The Morgan fingerprint density at radius 3 is 2.58 bits per heavy atom. The second-order valence-electron chi connectivity index (χ2n) is 7.35. The van der Waals surface area contributed by atoms with Crippen LogP contribution in [0.15, 0.2) is 18.2 Å². The Bertz CT molecular complexity index is 811. The summed E-state index contributed by atoms with van der Waals surface area (Å²) in [5.74, 6) is 3.25. The minimum absolute atomic E-state index is 0.0803. The van der Waals surface area contributed by atoms with Crippen molar-refractivity contribution in [1.29, 1.82) is 0 Å². The van der Waals surface area contributed by atoms with Gasteiger partial charge in [-0.1, -0.05) is 19.9 Å². The van der Waals surface area contributed by atoms with Crippen LogP contribution < -0.4 is 14.8 Å². The maximum Gasteiger partial charge on any atom is 0.230 e. The van der Waals surface area contributed by atoms with Gasteiger partial charge in [0.15, 0.2) is 17.3 Å². The summed E-state index contributed by atoms with van der Waals surface area (Å²) in [6.45, 7) is 9.32. The SMILES string of the molecule is CC(C)c1nnc(CNC(=O)C(C)(C)c2ccc3c(c2)OCCO3)n1C. The van der Waals surface area contributed by atoms with E-state index < -0.39 is 5.41 Å². The van der Waals surface area contributed by atoms with Crippen LogP contribution in [0.25, 0.3) is 0 Å². The summed E-state index contributed by atoms with van der Waals surface area (Å²) in [6.07, 6.45) is 0. The van der Waals surface area contributed by atoms with Gasteiger partial charge in [0, 0.05) is 13.0 Å². The number of carbonyl (C=O) groups excluding carboxylic acids is 1. The van der Waals surface area contributed by atoms with Gasteiger partial charge in [0.25, 0.3) is 0 Å².